The molecule has 0 aromatic heterocycles. The second kappa shape index (κ2) is 6.45. The average molecular weight is 258 g/mol. The predicted molar refractivity (Wildman–Crippen MR) is 82.5 cm³/mol. The quantitative estimate of drug-likeness (QED) is 0.674. The number of aliphatic imine (C=N–C) groups is 1. The summed E-state index contributed by atoms with van der Waals surface area (Å²) in [6.45, 7) is 0. The van der Waals surface area contributed by atoms with Crippen LogP contribution in [0.2, 0.25) is 0 Å². The van der Waals surface area contributed by atoms with Crippen LogP contribution in [0.1, 0.15) is 5.56 Å². The maximum Gasteiger partial charge on any atom is 0.156 e. The number of benzene rings is 2. The van der Waals surface area contributed by atoms with Gasteiger partial charge in [0.1, 0.15) is 0 Å². The molecule has 0 aliphatic carbocycles. The number of thioether (sulfide) groups is 1. The Morgan fingerprint density at radius 2 is 1.94 bits per heavy atom. The number of fused-ring (bicyclic) bond motifs is 1. The van der Waals surface area contributed by atoms with Crippen molar-refractivity contribution in [2.24, 2.45) is 4.99 Å². The topological polar surface area (TPSA) is 24.4 Å². The fourth-order valence-corrected chi connectivity index (χ4v) is 2.71. The predicted octanol–water partition coefficient (Wildman–Crippen LogP) is 3.32. The number of rotatable bonds is 3. The van der Waals surface area contributed by atoms with Crippen LogP contribution in [0.5, 0.6) is 0 Å². The Hall–Kier alpha value is -1.48. The van der Waals surface area contributed by atoms with Crippen LogP contribution in [0.25, 0.3) is 10.8 Å². The molecule has 0 fully saturated rings. The van der Waals surface area contributed by atoms with Crippen molar-refractivity contribution in [2.45, 2.75) is 6.42 Å². The molecule has 2 aromatic rings. The highest BCUT2D eigenvalue weighted by atomic mass is 32.2. The molecular formula is C15H18N2S. The molecule has 0 aliphatic heterocycles. The van der Waals surface area contributed by atoms with Crippen molar-refractivity contribution < 1.29 is 0 Å². The third-order valence-corrected chi connectivity index (χ3v) is 3.93. The first-order valence-electron chi connectivity index (χ1n) is 6.08. The Morgan fingerprint density at radius 1 is 1.17 bits per heavy atom. The minimum Gasteiger partial charge on any atom is -0.368 e. The molecule has 94 valence electrons. The Bertz CT molecular complexity index is 549. The maximum atomic E-state index is 4.16. The molecular weight excluding hydrogens is 240 g/mol. The van der Waals surface area contributed by atoms with Crippen molar-refractivity contribution in [3.63, 3.8) is 0 Å². The second-order valence-corrected chi connectivity index (χ2v) is 5.14. The molecule has 0 saturated carbocycles. The molecule has 2 aromatic carbocycles. The van der Waals surface area contributed by atoms with E-state index in [1.54, 1.807) is 11.8 Å². The smallest absolute Gasteiger partial charge is 0.156 e. The van der Waals surface area contributed by atoms with E-state index in [0.717, 1.165) is 17.3 Å². The van der Waals surface area contributed by atoms with E-state index in [-0.39, 0.29) is 0 Å². The molecule has 0 heterocycles. The van der Waals surface area contributed by atoms with Gasteiger partial charge >= 0.3 is 0 Å². The van der Waals surface area contributed by atoms with Gasteiger partial charge in [-0.3, -0.25) is 4.99 Å². The first kappa shape index (κ1) is 13.0. The molecule has 1 N–H and O–H groups in total. The standard InChI is InChI=1S/C15H18N2S/c1-16-15(17-2)18-10-9-12-7-8-13-5-3-4-6-14(13)11-12/h3-8,11H,9-10H2,1-2H3,(H,16,17). The monoisotopic (exact) mass is 258 g/mol. The number of hydrogen-bond acceptors (Lipinski definition) is 2. The zero-order valence-corrected chi connectivity index (χ0v) is 11.6. The highest BCUT2D eigenvalue weighted by Gasteiger charge is 1.99. The first-order chi connectivity index (χ1) is 8.83. The van der Waals surface area contributed by atoms with Gasteiger partial charge in [-0.25, -0.2) is 0 Å². The summed E-state index contributed by atoms with van der Waals surface area (Å²) in [6.07, 6.45) is 1.07. The third-order valence-electron chi connectivity index (χ3n) is 2.86. The van der Waals surface area contributed by atoms with Gasteiger partial charge in [0, 0.05) is 19.8 Å². The summed E-state index contributed by atoms with van der Waals surface area (Å²) in [5, 5.41) is 6.70. The molecule has 0 spiro atoms. The molecule has 0 unspecified atom stereocenters. The highest BCUT2D eigenvalue weighted by molar-refractivity contribution is 8.13. The molecule has 0 aliphatic rings. The van der Waals surface area contributed by atoms with Crippen molar-refractivity contribution in [3.05, 3.63) is 48.0 Å². The van der Waals surface area contributed by atoms with Gasteiger partial charge in [-0.1, -0.05) is 54.2 Å². The van der Waals surface area contributed by atoms with E-state index < -0.39 is 0 Å². The van der Waals surface area contributed by atoms with Gasteiger partial charge in [0.2, 0.25) is 0 Å². The lowest BCUT2D eigenvalue weighted by Crippen LogP contribution is -2.14. The van der Waals surface area contributed by atoms with Gasteiger partial charge in [0.05, 0.1) is 0 Å². The Kier molecular flexibility index (Phi) is 4.65. The second-order valence-electron chi connectivity index (χ2n) is 4.06. The van der Waals surface area contributed by atoms with Crippen molar-refractivity contribution in [1.82, 2.24) is 5.32 Å². The van der Waals surface area contributed by atoms with E-state index >= 15 is 0 Å². The Morgan fingerprint density at radius 3 is 2.67 bits per heavy atom. The number of hydrogen-bond donors (Lipinski definition) is 1. The summed E-state index contributed by atoms with van der Waals surface area (Å²) in [5.74, 6) is 1.05. The maximum absolute atomic E-state index is 4.16. The van der Waals surface area contributed by atoms with Gasteiger partial charge in [-0.05, 0) is 22.8 Å². The molecule has 2 rings (SSSR count). The molecule has 0 saturated heterocycles. The Balaban J connectivity index is 2.00. The van der Waals surface area contributed by atoms with Gasteiger partial charge < -0.3 is 5.32 Å². The fraction of sp³-hybridized carbons (Fsp3) is 0.267. The van der Waals surface area contributed by atoms with E-state index in [4.69, 9.17) is 0 Å². The lowest BCUT2D eigenvalue weighted by Gasteiger charge is -2.05. The Labute approximate surface area is 113 Å². The SMILES string of the molecule is CN=C(NC)SCCc1ccc2ccccc2c1. The lowest BCUT2D eigenvalue weighted by atomic mass is 10.1. The van der Waals surface area contributed by atoms with Crippen molar-refractivity contribution >= 4 is 27.7 Å². The largest absolute Gasteiger partial charge is 0.368 e. The van der Waals surface area contributed by atoms with Crippen molar-refractivity contribution in [3.8, 4) is 0 Å². The van der Waals surface area contributed by atoms with E-state index in [0.29, 0.717) is 0 Å². The summed E-state index contributed by atoms with van der Waals surface area (Å²) >= 11 is 1.76. The van der Waals surface area contributed by atoms with Crippen LogP contribution in [-0.4, -0.2) is 25.0 Å². The molecule has 0 amide bonds. The van der Waals surface area contributed by atoms with E-state index in [1.807, 2.05) is 14.1 Å². The number of aryl methyl sites for hydroxylation is 1. The number of nitrogens with zero attached hydrogens (tertiary/aromatic N) is 1. The zero-order chi connectivity index (χ0) is 12.8. The van der Waals surface area contributed by atoms with Crippen LogP contribution in [0, 0.1) is 0 Å². The van der Waals surface area contributed by atoms with Crippen LogP contribution in [0.4, 0.5) is 0 Å². The summed E-state index contributed by atoms with van der Waals surface area (Å²) < 4.78 is 0. The van der Waals surface area contributed by atoms with Crippen molar-refractivity contribution in [2.75, 3.05) is 19.8 Å². The van der Waals surface area contributed by atoms with E-state index in [2.05, 4.69) is 52.8 Å². The van der Waals surface area contributed by atoms with E-state index in [9.17, 15) is 0 Å². The van der Waals surface area contributed by atoms with Gasteiger partial charge in [-0.2, -0.15) is 0 Å². The molecule has 0 bridgehead atoms. The molecule has 0 atom stereocenters. The third kappa shape index (κ3) is 3.26. The van der Waals surface area contributed by atoms with Crippen molar-refractivity contribution in [1.29, 1.82) is 0 Å². The highest BCUT2D eigenvalue weighted by Crippen LogP contribution is 2.17. The fourth-order valence-electron chi connectivity index (χ4n) is 1.91. The lowest BCUT2D eigenvalue weighted by molar-refractivity contribution is 1.15. The first-order valence-corrected chi connectivity index (χ1v) is 7.07. The molecule has 18 heavy (non-hydrogen) atoms. The minimum atomic E-state index is 0.996. The molecule has 2 nitrogen and oxygen atoms in total. The van der Waals surface area contributed by atoms with E-state index in [1.165, 1.54) is 16.3 Å². The van der Waals surface area contributed by atoms with Crippen LogP contribution in [0.3, 0.4) is 0 Å². The normalized spacial score (nSPS) is 11.8. The van der Waals surface area contributed by atoms with Gasteiger partial charge in [-0.15, -0.1) is 0 Å². The summed E-state index contributed by atoms with van der Waals surface area (Å²) in [5.41, 5.74) is 1.38. The average Bonchev–Trinajstić information content (AvgIpc) is 2.43. The van der Waals surface area contributed by atoms with Crippen LogP contribution in [-0.2, 0) is 6.42 Å². The summed E-state index contributed by atoms with van der Waals surface area (Å²) in [6, 6.07) is 15.2. The van der Waals surface area contributed by atoms with Gasteiger partial charge in [0.15, 0.2) is 5.17 Å². The summed E-state index contributed by atoms with van der Waals surface area (Å²) in [7, 11) is 3.72. The number of amidine groups is 1. The zero-order valence-electron chi connectivity index (χ0n) is 10.8. The van der Waals surface area contributed by atoms with Crippen LogP contribution in [0.15, 0.2) is 47.5 Å². The van der Waals surface area contributed by atoms with Crippen LogP contribution >= 0.6 is 11.8 Å². The number of nitrogens with one attached hydrogen (secondary N) is 1. The molecule has 0 radical (unpaired) electrons. The van der Waals surface area contributed by atoms with Crippen LogP contribution < -0.4 is 5.32 Å². The minimum absolute atomic E-state index is 0.996. The molecule has 3 heteroatoms. The van der Waals surface area contributed by atoms with Gasteiger partial charge in [0.25, 0.3) is 0 Å². The summed E-state index contributed by atoms with van der Waals surface area (Å²) in [4.78, 5) is 4.16.